The van der Waals surface area contributed by atoms with Gasteiger partial charge in [-0.3, -0.25) is 4.79 Å². The van der Waals surface area contributed by atoms with Gasteiger partial charge in [0.1, 0.15) is 5.82 Å². The van der Waals surface area contributed by atoms with Gasteiger partial charge in [-0.05, 0) is 68.4 Å². The largest absolute Gasteiger partial charge is 0.357 e. The lowest BCUT2D eigenvalue weighted by Crippen LogP contribution is -2.38. The highest BCUT2D eigenvalue weighted by molar-refractivity contribution is 5.94. The number of pyridine rings is 1. The maximum atomic E-state index is 13.1. The van der Waals surface area contributed by atoms with Crippen molar-refractivity contribution in [2.75, 3.05) is 24.5 Å². The molecular weight excluding hydrogens is 322 g/mol. The van der Waals surface area contributed by atoms with Gasteiger partial charge in [-0.1, -0.05) is 18.2 Å². The SMILES string of the molecule is Cc1cc(N2CCCC2)ncc1C1CCCCN1C(=O)c1ccccc1. The first kappa shape index (κ1) is 17.1. The van der Waals surface area contributed by atoms with E-state index < -0.39 is 0 Å². The van der Waals surface area contributed by atoms with Gasteiger partial charge in [0.25, 0.3) is 5.91 Å². The average molecular weight is 349 g/mol. The van der Waals surface area contributed by atoms with Crippen LogP contribution in [0.5, 0.6) is 0 Å². The average Bonchev–Trinajstić information content (AvgIpc) is 3.23. The summed E-state index contributed by atoms with van der Waals surface area (Å²) < 4.78 is 0. The molecule has 0 radical (unpaired) electrons. The van der Waals surface area contributed by atoms with Crippen molar-refractivity contribution >= 4 is 11.7 Å². The zero-order valence-electron chi connectivity index (χ0n) is 15.5. The second-order valence-electron chi connectivity index (χ2n) is 7.47. The van der Waals surface area contributed by atoms with Gasteiger partial charge in [-0.15, -0.1) is 0 Å². The van der Waals surface area contributed by atoms with E-state index in [2.05, 4.69) is 22.8 Å². The standard InChI is InChI=1S/C22H27N3O/c1-17-15-21(24-12-7-8-13-24)23-16-19(17)20-11-5-6-14-25(20)22(26)18-9-3-2-4-10-18/h2-4,9-10,15-16,20H,5-8,11-14H2,1H3. The number of carbonyl (C=O) groups is 1. The van der Waals surface area contributed by atoms with Crippen LogP contribution in [0.4, 0.5) is 5.82 Å². The molecule has 0 spiro atoms. The molecule has 1 amide bonds. The summed E-state index contributed by atoms with van der Waals surface area (Å²) >= 11 is 0. The van der Waals surface area contributed by atoms with Gasteiger partial charge in [-0.2, -0.15) is 0 Å². The molecule has 1 atom stereocenters. The molecule has 4 rings (SSSR count). The minimum absolute atomic E-state index is 0.136. The molecule has 1 unspecified atom stereocenters. The van der Waals surface area contributed by atoms with E-state index in [0.717, 1.165) is 50.3 Å². The minimum Gasteiger partial charge on any atom is -0.357 e. The highest BCUT2D eigenvalue weighted by Crippen LogP contribution is 2.34. The third-order valence-electron chi connectivity index (χ3n) is 5.71. The number of benzene rings is 1. The van der Waals surface area contributed by atoms with Crippen molar-refractivity contribution in [3.63, 3.8) is 0 Å². The van der Waals surface area contributed by atoms with Crippen LogP contribution in [0.25, 0.3) is 0 Å². The number of hydrogen-bond acceptors (Lipinski definition) is 3. The molecule has 2 aliphatic rings. The smallest absolute Gasteiger partial charge is 0.254 e. The van der Waals surface area contributed by atoms with Crippen molar-refractivity contribution in [2.45, 2.75) is 45.1 Å². The third-order valence-corrected chi connectivity index (χ3v) is 5.71. The molecular formula is C22H27N3O. The Labute approximate surface area is 155 Å². The molecule has 1 aromatic carbocycles. The van der Waals surface area contributed by atoms with Gasteiger partial charge in [0.05, 0.1) is 6.04 Å². The van der Waals surface area contributed by atoms with Crippen LogP contribution in [-0.2, 0) is 0 Å². The summed E-state index contributed by atoms with van der Waals surface area (Å²) in [5.74, 6) is 1.22. The maximum absolute atomic E-state index is 13.1. The van der Waals surface area contributed by atoms with Crippen molar-refractivity contribution < 1.29 is 4.79 Å². The highest BCUT2D eigenvalue weighted by atomic mass is 16.2. The normalized spacial score (nSPS) is 20.4. The van der Waals surface area contributed by atoms with E-state index in [4.69, 9.17) is 4.98 Å². The van der Waals surface area contributed by atoms with E-state index >= 15 is 0 Å². The summed E-state index contributed by atoms with van der Waals surface area (Å²) in [5.41, 5.74) is 3.23. The lowest BCUT2D eigenvalue weighted by atomic mass is 9.92. The van der Waals surface area contributed by atoms with Gasteiger partial charge in [0.15, 0.2) is 0 Å². The molecule has 0 bridgehead atoms. The molecule has 136 valence electrons. The Morgan fingerprint density at radius 3 is 2.50 bits per heavy atom. The van der Waals surface area contributed by atoms with Crippen molar-refractivity contribution in [2.24, 2.45) is 0 Å². The summed E-state index contributed by atoms with van der Waals surface area (Å²) in [6.45, 7) is 5.20. The second kappa shape index (κ2) is 7.48. The highest BCUT2D eigenvalue weighted by Gasteiger charge is 2.30. The fourth-order valence-electron chi connectivity index (χ4n) is 4.26. The van der Waals surface area contributed by atoms with Crippen LogP contribution in [0, 0.1) is 6.92 Å². The van der Waals surface area contributed by atoms with Crippen LogP contribution >= 0.6 is 0 Å². The molecule has 0 N–H and O–H groups in total. The lowest BCUT2D eigenvalue weighted by molar-refractivity contribution is 0.0610. The number of anilines is 1. The fourth-order valence-corrected chi connectivity index (χ4v) is 4.26. The first-order valence-electron chi connectivity index (χ1n) is 9.81. The Hall–Kier alpha value is -2.36. The molecule has 2 saturated heterocycles. The van der Waals surface area contributed by atoms with E-state index in [1.165, 1.54) is 24.0 Å². The van der Waals surface area contributed by atoms with Crippen molar-refractivity contribution in [1.29, 1.82) is 0 Å². The van der Waals surface area contributed by atoms with Gasteiger partial charge in [-0.25, -0.2) is 4.98 Å². The number of aromatic nitrogens is 1. The number of rotatable bonds is 3. The van der Waals surface area contributed by atoms with E-state index in [-0.39, 0.29) is 11.9 Å². The Kier molecular flexibility index (Phi) is 4.91. The fraction of sp³-hybridized carbons (Fsp3) is 0.455. The molecule has 0 aliphatic carbocycles. The lowest BCUT2D eigenvalue weighted by Gasteiger charge is -2.37. The minimum atomic E-state index is 0.136. The molecule has 1 aromatic heterocycles. The molecule has 2 fully saturated rings. The summed E-state index contributed by atoms with van der Waals surface area (Å²) in [6.07, 6.45) is 7.79. The van der Waals surface area contributed by atoms with E-state index in [1.807, 2.05) is 36.5 Å². The van der Waals surface area contributed by atoms with Crippen LogP contribution in [0.2, 0.25) is 0 Å². The second-order valence-corrected chi connectivity index (χ2v) is 7.47. The Balaban J connectivity index is 1.61. The first-order chi connectivity index (χ1) is 12.7. The van der Waals surface area contributed by atoms with Gasteiger partial charge < -0.3 is 9.80 Å². The van der Waals surface area contributed by atoms with Crippen LogP contribution in [-0.4, -0.2) is 35.4 Å². The predicted octanol–water partition coefficient (Wildman–Crippen LogP) is 4.36. The van der Waals surface area contributed by atoms with Crippen LogP contribution < -0.4 is 4.90 Å². The molecule has 26 heavy (non-hydrogen) atoms. The molecule has 3 heterocycles. The van der Waals surface area contributed by atoms with Crippen molar-refractivity contribution in [3.8, 4) is 0 Å². The summed E-state index contributed by atoms with van der Waals surface area (Å²) in [7, 11) is 0. The zero-order chi connectivity index (χ0) is 17.9. The number of aryl methyl sites for hydroxylation is 1. The van der Waals surface area contributed by atoms with Gasteiger partial charge in [0, 0.05) is 31.4 Å². The van der Waals surface area contributed by atoms with E-state index in [0.29, 0.717) is 0 Å². The number of likely N-dealkylation sites (tertiary alicyclic amines) is 1. The Morgan fingerprint density at radius 1 is 1.04 bits per heavy atom. The Bertz CT molecular complexity index is 768. The zero-order valence-corrected chi connectivity index (χ0v) is 15.5. The van der Waals surface area contributed by atoms with Crippen molar-refractivity contribution in [3.05, 3.63) is 59.3 Å². The predicted molar refractivity (Wildman–Crippen MR) is 104 cm³/mol. The Morgan fingerprint density at radius 2 is 1.77 bits per heavy atom. The maximum Gasteiger partial charge on any atom is 0.254 e. The molecule has 2 aromatic rings. The molecule has 4 nitrogen and oxygen atoms in total. The van der Waals surface area contributed by atoms with E-state index in [1.54, 1.807) is 0 Å². The van der Waals surface area contributed by atoms with Gasteiger partial charge in [0.2, 0.25) is 0 Å². The number of hydrogen-bond donors (Lipinski definition) is 0. The van der Waals surface area contributed by atoms with Crippen LogP contribution in [0.15, 0.2) is 42.6 Å². The molecule has 4 heteroatoms. The topological polar surface area (TPSA) is 36.4 Å². The molecule has 0 saturated carbocycles. The molecule has 2 aliphatic heterocycles. The number of amides is 1. The number of nitrogens with zero attached hydrogens (tertiary/aromatic N) is 3. The number of piperidine rings is 1. The number of carbonyl (C=O) groups excluding carboxylic acids is 1. The van der Waals surface area contributed by atoms with Gasteiger partial charge >= 0.3 is 0 Å². The first-order valence-corrected chi connectivity index (χ1v) is 9.81. The third kappa shape index (κ3) is 3.33. The van der Waals surface area contributed by atoms with Crippen molar-refractivity contribution in [1.82, 2.24) is 9.88 Å². The quantitative estimate of drug-likeness (QED) is 0.826. The summed E-state index contributed by atoms with van der Waals surface area (Å²) in [5, 5.41) is 0. The summed E-state index contributed by atoms with van der Waals surface area (Å²) in [4.78, 5) is 22.2. The van der Waals surface area contributed by atoms with E-state index in [9.17, 15) is 4.79 Å². The summed E-state index contributed by atoms with van der Waals surface area (Å²) in [6, 6.07) is 12.0. The van der Waals surface area contributed by atoms with Crippen LogP contribution in [0.1, 0.15) is 59.6 Å². The van der Waals surface area contributed by atoms with Crippen LogP contribution in [0.3, 0.4) is 0 Å². The monoisotopic (exact) mass is 349 g/mol.